The average molecular weight is 347 g/mol. The van der Waals surface area contributed by atoms with Crippen molar-refractivity contribution in [1.29, 1.82) is 0 Å². The van der Waals surface area contributed by atoms with Crippen LogP contribution < -0.4 is 10.6 Å². The molecule has 1 aliphatic heterocycles. The smallest absolute Gasteiger partial charge is 0.202 e. The normalized spacial score (nSPS) is 18.2. The van der Waals surface area contributed by atoms with Gasteiger partial charge >= 0.3 is 0 Å². The van der Waals surface area contributed by atoms with Gasteiger partial charge in [-0.2, -0.15) is 4.37 Å². The molecule has 1 saturated heterocycles. The fourth-order valence-corrected chi connectivity index (χ4v) is 3.78. The summed E-state index contributed by atoms with van der Waals surface area (Å²) in [6, 6.07) is 10.9. The van der Waals surface area contributed by atoms with Crippen molar-refractivity contribution in [2.24, 2.45) is 0 Å². The van der Waals surface area contributed by atoms with Crippen molar-refractivity contribution in [2.45, 2.75) is 44.7 Å². The van der Waals surface area contributed by atoms with Crippen molar-refractivity contribution in [2.75, 3.05) is 25.1 Å². The molecule has 0 radical (unpaired) electrons. The lowest BCUT2D eigenvalue weighted by molar-refractivity contribution is 0.0389. The highest BCUT2D eigenvalue weighted by molar-refractivity contribution is 7.09. The van der Waals surface area contributed by atoms with E-state index in [1.165, 1.54) is 17.1 Å². The molecule has 0 amide bonds. The Balaban J connectivity index is 1.67. The second kappa shape index (κ2) is 8.05. The summed E-state index contributed by atoms with van der Waals surface area (Å²) in [5.74, 6) is 0.911. The number of ether oxygens (including phenoxy) is 1. The van der Waals surface area contributed by atoms with Crippen LogP contribution in [-0.2, 0) is 11.2 Å². The fourth-order valence-electron chi connectivity index (χ4n) is 3.13. The van der Waals surface area contributed by atoms with Gasteiger partial charge in [0, 0.05) is 49.3 Å². The van der Waals surface area contributed by atoms with Gasteiger partial charge in [-0.3, -0.25) is 0 Å². The molecule has 2 N–H and O–H groups in total. The summed E-state index contributed by atoms with van der Waals surface area (Å²) in [6.45, 7) is 6.74. The highest BCUT2D eigenvalue weighted by Crippen LogP contribution is 2.26. The summed E-state index contributed by atoms with van der Waals surface area (Å²) in [4.78, 5) is 4.52. The Bertz CT molecular complexity index is 625. The van der Waals surface area contributed by atoms with E-state index >= 15 is 0 Å². The number of hydrogen-bond donors (Lipinski definition) is 2. The van der Waals surface area contributed by atoms with Crippen LogP contribution in [0.5, 0.6) is 0 Å². The van der Waals surface area contributed by atoms with Gasteiger partial charge in [-0.05, 0) is 25.3 Å². The van der Waals surface area contributed by atoms with E-state index in [1.807, 2.05) is 0 Å². The van der Waals surface area contributed by atoms with E-state index in [-0.39, 0.29) is 5.54 Å². The molecule has 1 unspecified atom stereocenters. The minimum absolute atomic E-state index is 0.0194. The van der Waals surface area contributed by atoms with Crippen LogP contribution in [0.3, 0.4) is 0 Å². The first kappa shape index (κ1) is 17.3. The first-order valence-electron chi connectivity index (χ1n) is 8.68. The number of nitrogens with one attached hydrogen (secondary N) is 2. The predicted molar refractivity (Wildman–Crippen MR) is 98.6 cm³/mol. The van der Waals surface area contributed by atoms with E-state index in [0.29, 0.717) is 6.04 Å². The van der Waals surface area contributed by atoms with Gasteiger partial charge in [0.2, 0.25) is 5.13 Å². The van der Waals surface area contributed by atoms with Crippen LogP contribution in [0.1, 0.15) is 44.1 Å². The van der Waals surface area contributed by atoms with Gasteiger partial charge in [0.1, 0.15) is 5.82 Å². The molecule has 1 aromatic carbocycles. The van der Waals surface area contributed by atoms with Crippen molar-refractivity contribution in [3.8, 4) is 0 Å². The molecule has 1 fully saturated rings. The molecule has 0 aliphatic carbocycles. The molecule has 6 heteroatoms. The van der Waals surface area contributed by atoms with Crippen LogP contribution >= 0.6 is 11.5 Å². The molecule has 2 aromatic rings. The summed E-state index contributed by atoms with van der Waals surface area (Å²) in [6.07, 6.45) is 2.87. The molecule has 3 rings (SSSR count). The van der Waals surface area contributed by atoms with Gasteiger partial charge in [0.05, 0.1) is 0 Å². The number of rotatable bonds is 7. The summed E-state index contributed by atoms with van der Waals surface area (Å²) < 4.78 is 9.95. The maximum absolute atomic E-state index is 5.59. The predicted octanol–water partition coefficient (Wildman–Crippen LogP) is 3.41. The minimum Gasteiger partial charge on any atom is -0.381 e. The van der Waals surface area contributed by atoms with Gasteiger partial charge in [0.15, 0.2) is 0 Å². The molecule has 0 spiro atoms. The van der Waals surface area contributed by atoms with E-state index in [0.717, 1.165) is 50.0 Å². The molecule has 1 aliphatic rings. The maximum atomic E-state index is 5.59. The second-order valence-electron chi connectivity index (χ2n) is 6.39. The first-order valence-corrected chi connectivity index (χ1v) is 9.45. The molecule has 1 atom stereocenters. The van der Waals surface area contributed by atoms with Gasteiger partial charge in [0.25, 0.3) is 0 Å². The van der Waals surface area contributed by atoms with Crippen molar-refractivity contribution < 1.29 is 4.74 Å². The van der Waals surface area contributed by atoms with Crippen LogP contribution in [0.15, 0.2) is 30.3 Å². The number of nitrogens with zero attached hydrogens (tertiary/aromatic N) is 2. The Kier molecular flexibility index (Phi) is 5.81. The number of aryl methyl sites for hydroxylation is 1. The third-order valence-electron chi connectivity index (χ3n) is 4.63. The zero-order chi connectivity index (χ0) is 16.8. The molecular formula is C18H26N4OS. The lowest BCUT2D eigenvalue weighted by Crippen LogP contribution is -2.54. The molecular weight excluding hydrogens is 320 g/mol. The third-order valence-corrected chi connectivity index (χ3v) is 5.35. The highest BCUT2D eigenvalue weighted by atomic mass is 32.1. The molecule has 5 nitrogen and oxygen atoms in total. The van der Waals surface area contributed by atoms with Crippen LogP contribution in [-0.4, -0.2) is 34.7 Å². The van der Waals surface area contributed by atoms with E-state index in [9.17, 15) is 0 Å². The molecule has 0 bridgehead atoms. The summed E-state index contributed by atoms with van der Waals surface area (Å²) in [5, 5.41) is 8.26. The minimum atomic E-state index is 0.0194. The van der Waals surface area contributed by atoms with Gasteiger partial charge in [-0.15, -0.1) is 0 Å². The number of aromatic nitrogens is 2. The van der Waals surface area contributed by atoms with Gasteiger partial charge < -0.3 is 15.4 Å². The van der Waals surface area contributed by atoms with E-state index in [2.05, 4.69) is 64.2 Å². The zero-order valence-corrected chi connectivity index (χ0v) is 15.2. The molecule has 24 heavy (non-hydrogen) atoms. The Labute approximate surface area is 148 Å². The summed E-state index contributed by atoms with van der Waals surface area (Å²) in [5.41, 5.74) is 1.33. The largest absolute Gasteiger partial charge is 0.381 e. The van der Waals surface area contributed by atoms with Crippen molar-refractivity contribution >= 4 is 16.7 Å². The van der Waals surface area contributed by atoms with Crippen LogP contribution in [0, 0.1) is 0 Å². The Morgan fingerprint density at radius 1 is 1.25 bits per heavy atom. The fraction of sp³-hybridized carbons (Fsp3) is 0.556. The topological polar surface area (TPSA) is 59.1 Å². The number of benzene rings is 1. The summed E-state index contributed by atoms with van der Waals surface area (Å²) in [7, 11) is 0. The van der Waals surface area contributed by atoms with E-state index in [4.69, 9.17) is 4.74 Å². The molecule has 0 saturated carbocycles. The van der Waals surface area contributed by atoms with Crippen LogP contribution in [0.2, 0.25) is 0 Å². The van der Waals surface area contributed by atoms with Crippen LogP contribution in [0.25, 0.3) is 0 Å². The quantitative estimate of drug-likeness (QED) is 0.804. The van der Waals surface area contributed by atoms with E-state index < -0.39 is 0 Å². The Morgan fingerprint density at radius 3 is 2.67 bits per heavy atom. The Hall–Kier alpha value is -1.50. The SMILES string of the molecule is CCc1nsc(NCC2(NC(C)c3ccccc3)CCOCC2)n1. The van der Waals surface area contributed by atoms with E-state index in [1.54, 1.807) is 0 Å². The highest BCUT2D eigenvalue weighted by Gasteiger charge is 2.34. The average Bonchev–Trinajstić information content (AvgIpc) is 3.10. The lowest BCUT2D eigenvalue weighted by Gasteiger charge is -2.40. The molecule has 2 heterocycles. The van der Waals surface area contributed by atoms with Crippen molar-refractivity contribution in [1.82, 2.24) is 14.7 Å². The number of hydrogen-bond acceptors (Lipinski definition) is 6. The number of anilines is 1. The zero-order valence-electron chi connectivity index (χ0n) is 14.4. The van der Waals surface area contributed by atoms with Crippen molar-refractivity contribution in [3.63, 3.8) is 0 Å². The third kappa shape index (κ3) is 4.32. The van der Waals surface area contributed by atoms with Crippen molar-refractivity contribution in [3.05, 3.63) is 41.7 Å². The molecule has 130 valence electrons. The van der Waals surface area contributed by atoms with Crippen LogP contribution in [0.4, 0.5) is 5.13 Å². The Morgan fingerprint density at radius 2 is 2.00 bits per heavy atom. The lowest BCUT2D eigenvalue weighted by atomic mass is 9.88. The maximum Gasteiger partial charge on any atom is 0.202 e. The monoisotopic (exact) mass is 346 g/mol. The van der Waals surface area contributed by atoms with Gasteiger partial charge in [-0.25, -0.2) is 4.98 Å². The van der Waals surface area contributed by atoms with Gasteiger partial charge in [-0.1, -0.05) is 37.3 Å². The second-order valence-corrected chi connectivity index (χ2v) is 7.14. The summed E-state index contributed by atoms with van der Waals surface area (Å²) >= 11 is 1.45. The molecule has 1 aromatic heterocycles. The standard InChI is InChI=1S/C18H26N4OS/c1-3-16-20-17(24-22-16)19-13-18(9-11-23-12-10-18)21-14(2)15-7-5-4-6-8-15/h4-8,14,21H,3,9-13H2,1-2H3,(H,19,20,22). The first-order chi connectivity index (χ1) is 11.7.